The van der Waals surface area contributed by atoms with Gasteiger partial charge in [-0.1, -0.05) is 12.1 Å². The molecule has 0 aliphatic carbocycles. The summed E-state index contributed by atoms with van der Waals surface area (Å²) in [6.07, 6.45) is 1.87. The molecular formula is C27H27FN4O2S. The third kappa shape index (κ3) is 4.63. The Bertz CT molecular complexity index is 1320. The van der Waals surface area contributed by atoms with Gasteiger partial charge in [0.15, 0.2) is 5.17 Å². The lowest BCUT2D eigenvalue weighted by Gasteiger charge is -2.28. The Morgan fingerprint density at radius 2 is 1.77 bits per heavy atom. The average molecular weight is 491 g/mol. The van der Waals surface area contributed by atoms with Crippen LogP contribution in [0.1, 0.15) is 17.0 Å². The molecule has 0 saturated carbocycles. The number of para-hydroxylation sites is 1. The lowest BCUT2D eigenvalue weighted by atomic mass is 10.2. The molecule has 0 unspecified atom stereocenters. The number of likely N-dealkylation sites (N-methyl/N-ethyl adjacent to an activating group) is 1. The molecule has 0 radical (unpaired) electrons. The van der Waals surface area contributed by atoms with Gasteiger partial charge < -0.3 is 14.2 Å². The normalized spacial score (nSPS) is 18.8. The van der Waals surface area contributed by atoms with Crippen LogP contribution in [0, 0.1) is 19.7 Å². The minimum absolute atomic E-state index is 0.102. The SMILES string of the molecule is Cc1cc(/C=C2\SC(=Nc3ccc(N4CCOCC4)cc3)N(C)C2=O)c(C)n1-c1ccccc1F. The maximum atomic E-state index is 14.4. The third-order valence-corrected chi connectivity index (χ3v) is 7.36. The van der Waals surface area contributed by atoms with E-state index in [2.05, 4.69) is 17.0 Å². The van der Waals surface area contributed by atoms with Crippen molar-refractivity contribution < 1.29 is 13.9 Å². The number of hydrogen-bond donors (Lipinski definition) is 0. The number of thioether (sulfide) groups is 1. The molecule has 1 amide bonds. The van der Waals surface area contributed by atoms with Gasteiger partial charge in [0.2, 0.25) is 0 Å². The minimum atomic E-state index is -0.284. The molecule has 2 fully saturated rings. The van der Waals surface area contributed by atoms with Crippen molar-refractivity contribution in [2.45, 2.75) is 13.8 Å². The van der Waals surface area contributed by atoms with Crippen LogP contribution in [-0.4, -0.2) is 53.9 Å². The molecule has 2 saturated heterocycles. The molecule has 3 heterocycles. The molecule has 0 N–H and O–H groups in total. The third-order valence-electron chi connectivity index (χ3n) is 6.30. The molecule has 0 spiro atoms. The van der Waals surface area contributed by atoms with E-state index in [1.165, 1.54) is 17.8 Å². The van der Waals surface area contributed by atoms with E-state index >= 15 is 0 Å². The number of hydrogen-bond acceptors (Lipinski definition) is 5. The van der Waals surface area contributed by atoms with E-state index in [0.29, 0.717) is 15.8 Å². The van der Waals surface area contributed by atoms with E-state index in [-0.39, 0.29) is 11.7 Å². The van der Waals surface area contributed by atoms with Crippen molar-refractivity contribution in [2.75, 3.05) is 38.3 Å². The number of benzene rings is 2. The molecule has 35 heavy (non-hydrogen) atoms. The van der Waals surface area contributed by atoms with E-state index in [4.69, 9.17) is 9.73 Å². The van der Waals surface area contributed by atoms with Crippen LogP contribution in [-0.2, 0) is 9.53 Å². The summed E-state index contributed by atoms with van der Waals surface area (Å²) in [5.74, 6) is -0.386. The van der Waals surface area contributed by atoms with Crippen molar-refractivity contribution >= 4 is 40.3 Å². The highest BCUT2D eigenvalue weighted by Crippen LogP contribution is 2.35. The summed E-state index contributed by atoms with van der Waals surface area (Å²) in [5, 5.41) is 0.628. The first-order valence-electron chi connectivity index (χ1n) is 11.6. The first-order chi connectivity index (χ1) is 16.9. The molecule has 3 aromatic rings. The average Bonchev–Trinajstić information content (AvgIpc) is 3.30. The molecule has 2 aliphatic rings. The summed E-state index contributed by atoms with van der Waals surface area (Å²) in [6, 6.07) is 16.7. The van der Waals surface area contributed by atoms with Crippen LogP contribution in [0.3, 0.4) is 0 Å². The van der Waals surface area contributed by atoms with Crippen LogP contribution in [0.4, 0.5) is 15.8 Å². The largest absolute Gasteiger partial charge is 0.378 e. The van der Waals surface area contributed by atoms with Crippen LogP contribution in [0.15, 0.2) is 64.5 Å². The Morgan fingerprint density at radius 3 is 2.49 bits per heavy atom. The number of halogens is 1. The van der Waals surface area contributed by atoms with E-state index in [0.717, 1.165) is 54.6 Å². The van der Waals surface area contributed by atoms with Crippen molar-refractivity contribution in [1.29, 1.82) is 0 Å². The fourth-order valence-electron chi connectivity index (χ4n) is 4.40. The van der Waals surface area contributed by atoms with Crippen LogP contribution >= 0.6 is 11.8 Å². The van der Waals surface area contributed by atoms with Gasteiger partial charge in [0.05, 0.1) is 29.5 Å². The molecule has 0 bridgehead atoms. The number of nitrogens with zero attached hydrogens (tertiary/aromatic N) is 4. The summed E-state index contributed by atoms with van der Waals surface area (Å²) >= 11 is 1.35. The second kappa shape index (κ2) is 9.71. The summed E-state index contributed by atoms with van der Waals surface area (Å²) in [6.45, 7) is 7.12. The van der Waals surface area contributed by atoms with Gasteiger partial charge in [0.1, 0.15) is 5.82 Å². The van der Waals surface area contributed by atoms with E-state index in [1.807, 2.05) is 48.8 Å². The Morgan fingerprint density at radius 1 is 1.06 bits per heavy atom. The number of ether oxygens (including phenoxy) is 1. The standard InChI is InChI=1S/C27H27FN4O2S/c1-18-16-20(19(2)32(18)24-7-5-4-6-23(24)28)17-25-26(33)30(3)27(35-25)29-21-8-10-22(11-9-21)31-12-14-34-15-13-31/h4-11,16-17H,12-15H2,1-3H3/b25-17-,29-27?. The lowest BCUT2D eigenvalue weighted by Crippen LogP contribution is -2.36. The highest BCUT2D eigenvalue weighted by Gasteiger charge is 2.31. The van der Waals surface area contributed by atoms with Gasteiger partial charge in [-0.25, -0.2) is 9.38 Å². The van der Waals surface area contributed by atoms with Crippen LogP contribution in [0.25, 0.3) is 11.8 Å². The van der Waals surface area contributed by atoms with Gasteiger partial charge >= 0.3 is 0 Å². The molecule has 0 atom stereocenters. The Hall–Kier alpha value is -3.36. The van der Waals surface area contributed by atoms with Crippen LogP contribution in [0.5, 0.6) is 0 Å². The fourth-order valence-corrected chi connectivity index (χ4v) is 5.38. The van der Waals surface area contributed by atoms with Crippen molar-refractivity contribution in [2.24, 2.45) is 4.99 Å². The number of amidine groups is 1. The van der Waals surface area contributed by atoms with Crippen molar-refractivity contribution in [3.63, 3.8) is 0 Å². The first kappa shape index (κ1) is 23.4. The molecule has 6 nitrogen and oxygen atoms in total. The second-order valence-electron chi connectivity index (χ2n) is 8.60. The number of rotatable bonds is 4. The lowest BCUT2D eigenvalue weighted by molar-refractivity contribution is -0.121. The predicted molar refractivity (Wildman–Crippen MR) is 140 cm³/mol. The zero-order valence-corrected chi connectivity index (χ0v) is 20.8. The van der Waals surface area contributed by atoms with E-state index < -0.39 is 0 Å². The monoisotopic (exact) mass is 490 g/mol. The molecular weight excluding hydrogens is 463 g/mol. The Labute approximate surface area is 208 Å². The highest BCUT2D eigenvalue weighted by molar-refractivity contribution is 8.18. The smallest absolute Gasteiger partial charge is 0.266 e. The number of amides is 1. The maximum Gasteiger partial charge on any atom is 0.266 e. The number of morpholine rings is 1. The van der Waals surface area contributed by atoms with Gasteiger partial charge in [0.25, 0.3) is 5.91 Å². The zero-order chi connectivity index (χ0) is 24.5. The van der Waals surface area contributed by atoms with Gasteiger partial charge in [-0.3, -0.25) is 9.69 Å². The summed E-state index contributed by atoms with van der Waals surface area (Å²) in [5.41, 5.74) is 5.09. The number of aliphatic imine (C=N–C) groups is 1. The van der Waals surface area contributed by atoms with Gasteiger partial charge in [-0.15, -0.1) is 0 Å². The number of carbonyl (C=O) groups excluding carboxylic acids is 1. The minimum Gasteiger partial charge on any atom is -0.378 e. The predicted octanol–water partition coefficient (Wildman–Crippen LogP) is 5.30. The number of carbonyl (C=O) groups is 1. The van der Waals surface area contributed by atoms with Crippen molar-refractivity contribution in [3.8, 4) is 5.69 Å². The fraction of sp³-hybridized carbons (Fsp3) is 0.259. The van der Waals surface area contributed by atoms with Crippen LogP contribution < -0.4 is 4.90 Å². The molecule has 8 heteroatoms. The zero-order valence-electron chi connectivity index (χ0n) is 20.0. The Balaban J connectivity index is 1.39. The summed E-state index contributed by atoms with van der Waals surface area (Å²) < 4.78 is 21.7. The van der Waals surface area contributed by atoms with E-state index in [1.54, 1.807) is 24.1 Å². The summed E-state index contributed by atoms with van der Waals surface area (Å²) in [7, 11) is 1.74. The van der Waals surface area contributed by atoms with E-state index in [9.17, 15) is 9.18 Å². The maximum absolute atomic E-state index is 14.4. The number of aromatic nitrogens is 1. The van der Waals surface area contributed by atoms with Gasteiger partial charge in [-0.2, -0.15) is 0 Å². The van der Waals surface area contributed by atoms with Crippen molar-refractivity contribution in [3.05, 3.63) is 82.3 Å². The number of aryl methyl sites for hydroxylation is 1. The highest BCUT2D eigenvalue weighted by atomic mass is 32.2. The molecule has 2 aliphatic heterocycles. The topological polar surface area (TPSA) is 50.1 Å². The molecule has 2 aromatic carbocycles. The first-order valence-corrected chi connectivity index (χ1v) is 12.4. The quantitative estimate of drug-likeness (QED) is 0.466. The van der Waals surface area contributed by atoms with Gasteiger partial charge in [0, 0.05) is 37.2 Å². The number of anilines is 1. The van der Waals surface area contributed by atoms with Gasteiger partial charge in [-0.05, 0) is 79.7 Å². The van der Waals surface area contributed by atoms with Crippen molar-refractivity contribution in [1.82, 2.24) is 9.47 Å². The molecule has 180 valence electrons. The summed E-state index contributed by atoms with van der Waals surface area (Å²) in [4.78, 5) is 22.1. The molecule has 1 aromatic heterocycles. The second-order valence-corrected chi connectivity index (χ2v) is 9.61. The molecule has 5 rings (SSSR count). The van der Waals surface area contributed by atoms with Crippen LogP contribution in [0.2, 0.25) is 0 Å². The Kier molecular flexibility index (Phi) is 6.49.